The highest BCUT2D eigenvalue weighted by atomic mass is 35.5. The number of aromatic nitrogens is 2. The molecule has 9 heteroatoms. The van der Waals surface area contributed by atoms with Gasteiger partial charge in [0.25, 0.3) is 5.91 Å². The number of halogens is 2. The number of hydrogen-bond donors (Lipinski definition) is 3. The molecular formula is C26H24ClFN4O3. The Morgan fingerprint density at radius 3 is 2.66 bits per heavy atom. The normalized spacial score (nSPS) is 10.9. The van der Waals surface area contributed by atoms with Gasteiger partial charge in [-0.3, -0.25) is 14.6 Å². The molecule has 0 spiro atoms. The Hall–Kier alpha value is -3.91. The lowest BCUT2D eigenvalue weighted by molar-refractivity contribution is -0.119. The lowest BCUT2D eigenvalue weighted by Crippen LogP contribution is -2.23. The summed E-state index contributed by atoms with van der Waals surface area (Å²) in [6.07, 6.45) is 3.65. The number of hydrogen-bond acceptors (Lipinski definition) is 4. The zero-order chi connectivity index (χ0) is 24.9. The minimum absolute atomic E-state index is 0.0206. The second-order valence-electron chi connectivity index (χ2n) is 8.08. The molecule has 2 aromatic carbocycles. The highest BCUT2D eigenvalue weighted by Crippen LogP contribution is 2.26. The van der Waals surface area contributed by atoms with Crippen molar-refractivity contribution in [2.45, 2.75) is 26.4 Å². The van der Waals surface area contributed by atoms with E-state index in [1.807, 2.05) is 18.2 Å². The first-order valence-corrected chi connectivity index (χ1v) is 11.3. The van der Waals surface area contributed by atoms with Crippen molar-refractivity contribution >= 4 is 34.3 Å². The van der Waals surface area contributed by atoms with Crippen LogP contribution in [0.1, 0.15) is 39.7 Å². The first kappa shape index (κ1) is 24.2. The maximum Gasteiger partial charge on any atom is 0.251 e. The van der Waals surface area contributed by atoms with Gasteiger partial charge in [0.15, 0.2) is 0 Å². The highest BCUT2D eigenvalue weighted by Gasteiger charge is 2.13. The molecule has 7 nitrogen and oxygen atoms in total. The van der Waals surface area contributed by atoms with E-state index in [0.717, 1.165) is 11.1 Å². The van der Waals surface area contributed by atoms with Crippen molar-refractivity contribution < 1.29 is 18.7 Å². The van der Waals surface area contributed by atoms with Crippen LogP contribution in [-0.4, -0.2) is 28.9 Å². The Morgan fingerprint density at radius 2 is 1.89 bits per heavy atom. The number of pyridine rings is 1. The quantitative estimate of drug-likeness (QED) is 0.335. The van der Waals surface area contributed by atoms with Crippen LogP contribution in [0.3, 0.4) is 0 Å². The van der Waals surface area contributed by atoms with Gasteiger partial charge in [-0.15, -0.1) is 0 Å². The summed E-state index contributed by atoms with van der Waals surface area (Å²) in [5.41, 5.74) is 3.86. The van der Waals surface area contributed by atoms with E-state index in [-0.39, 0.29) is 18.4 Å². The molecule has 4 rings (SSSR count). The van der Waals surface area contributed by atoms with Crippen LogP contribution >= 0.6 is 11.6 Å². The molecule has 2 aromatic heterocycles. The monoisotopic (exact) mass is 494 g/mol. The Labute approximate surface area is 206 Å². The highest BCUT2D eigenvalue weighted by molar-refractivity contribution is 6.35. The lowest BCUT2D eigenvalue weighted by atomic mass is 10.0. The largest absolute Gasteiger partial charge is 0.496 e. The molecule has 0 bridgehead atoms. The Kier molecular flexibility index (Phi) is 7.31. The van der Waals surface area contributed by atoms with E-state index in [1.54, 1.807) is 37.7 Å². The van der Waals surface area contributed by atoms with E-state index in [4.69, 9.17) is 16.3 Å². The van der Waals surface area contributed by atoms with Gasteiger partial charge in [-0.25, -0.2) is 4.39 Å². The summed E-state index contributed by atoms with van der Waals surface area (Å²) in [6, 6.07) is 12.0. The van der Waals surface area contributed by atoms with Crippen LogP contribution in [-0.2, 0) is 24.3 Å². The lowest BCUT2D eigenvalue weighted by Gasteiger charge is -2.12. The van der Waals surface area contributed by atoms with Gasteiger partial charge in [-0.05, 0) is 35.9 Å². The summed E-state index contributed by atoms with van der Waals surface area (Å²) < 4.78 is 19.9. The van der Waals surface area contributed by atoms with Gasteiger partial charge in [0.1, 0.15) is 11.6 Å². The molecule has 180 valence electrons. The van der Waals surface area contributed by atoms with Crippen LogP contribution in [0, 0.1) is 5.82 Å². The summed E-state index contributed by atoms with van der Waals surface area (Å²) in [7, 11) is 1.57. The fourth-order valence-electron chi connectivity index (χ4n) is 3.76. The van der Waals surface area contributed by atoms with E-state index >= 15 is 0 Å². The van der Waals surface area contributed by atoms with Gasteiger partial charge in [0.05, 0.1) is 12.1 Å². The molecule has 0 aliphatic rings. The number of carbonyl (C=O) groups is 2. The number of benzene rings is 2. The summed E-state index contributed by atoms with van der Waals surface area (Å²) in [6.45, 7) is 1.85. The maximum atomic E-state index is 14.4. The van der Waals surface area contributed by atoms with Crippen LogP contribution in [0.15, 0.2) is 54.9 Å². The van der Waals surface area contributed by atoms with Crippen molar-refractivity contribution in [3.05, 3.63) is 93.6 Å². The minimum atomic E-state index is -0.428. The molecule has 0 fully saturated rings. The summed E-state index contributed by atoms with van der Waals surface area (Å²) in [5, 5.41) is 6.70. The van der Waals surface area contributed by atoms with Crippen LogP contribution in [0.5, 0.6) is 5.75 Å². The van der Waals surface area contributed by atoms with Crippen molar-refractivity contribution in [1.82, 2.24) is 20.6 Å². The van der Waals surface area contributed by atoms with Gasteiger partial charge in [0, 0.05) is 72.1 Å². The molecule has 0 unspecified atom stereocenters. The predicted octanol–water partition coefficient (Wildman–Crippen LogP) is 4.52. The van der Waals surface area contributed by atoms with E-state index in [0.29, 0.717) is 51.5 Å². The molecule has 0 saturated carbocycles. The van der Waals surface area contributed by atoms with Crippen molar-refractivity contribution in [2.75, 3.05) is 7.11 Å². The third kappa shape index (κ3) is 5.78. The number of nitrogens with zero attached hydrogens (tertiary/aromatic N) is 1. The molecule has 2 amide bonds. The number of methoxy groups -OCH3 is 1. The van der Waals surface area contributed by atoms with Gasteiger partial charge in [0.2, 0.25) is 5.91 Å². The van der Waals surface area contributed by atoms with Crippen molar-refractivity contribution in [1.29, 1.82) is 0 Å². The first-order valence-electron chi connectivity index (χ1n) is 10.9. The third-order valence-corrected chi connectivity index (χ3v) is 5.89. The average molecular weight is 495 g/mol. The number of nitrogens with one attached hydrogen (secondary N) is 3. The van der Waals surface area contributed by atoms with Gasteiger partial charge < -0.3 is 20.4 Å². The predicted molar refractivity (Wildman–Crippen MR) is 132 cm³/mol. The third-order valence-electron chi connectivity index (χ3n) is 5.58. The van der Waals surface area contributed by atoms with E-state index in [9.17, 15) is 14.0 Å². The fourth-order valence-corrected chi connectivity index (χ4v) is 3.97. The molecule has 4 aromatic rings. The number of amides is 2. The van der Waals surface area contributed by atoms with E-state index in [2.05, 4.69) is 20.6 Å². The molecule has 0 radical (unpaired) electrons. The molecular weight excluding hydrogens is 471 g/mol. The van der Waals surface area contributed by atoms with Crippen LogP contribution < -0.4 is 15.4 Å². The summed E-state index contributed by atoms with van der Waals surface area (Å²) in [5.74, 6) is -0.224. The van der Waals surface area contributed by atoms with Gasteiger partial charge in [-0.1, -0.05) is 23.7 Å². The number of aromatic amines is 1. The second-order valence-corrected chi connectivity index (χ2v) is 8.48. The molecule has 0 saturated heterocycles. The zero-order valence-electron chi connectivity index (χ0n) is 19.2. The van der Waals surface area contributed by atoms with Crippen molar-refractivity contribution in [2.24, 2.45) is 0 Å². The smallest absolute Gasteiger partial charge is 0.251 e. The second kappa shape index (κ2) is 10.6. The van der Waals surface area contributed by atoms with Crippen LogP contribution in [0.4, 0.5) is 4.39 Å². The molecule has 0 aliphatic carbocycles. The number of carbonyl (C=O) groups excluding carboxylic acids is 2. The molecule has 0 atom stereocenters. The minimum Gasteiger partial charge on any atom is -0.496 e. The average Bonchev–Trinajstić information content (AvgIpc) is 3.20. The Morgan fingerprint density at radius 1 is 1.09 bits per heavy atom. The Bertz CT molecular complexity index is 1400. The molecule has 35 heavy (non-hydrogen) atoms. The zero-order valence-corrected chi connectivity index (χ0v) is 20.0. The van der Waals surface area contributed by atoms with Crippen molar-refractivity contribution in [3.8, 4) is 5.75 Å². The molecule has 2 heterocycles. The maximum absolute atomic E-state index is 14.4. The number of rotatable bonds is 8. The number of H-pyrrole nitrogens is 1. The topological polar surface area (TPSA) is 96.1 Å². The van der Waals surface area contributed by atoms with Gasteiger partial charge >= 0.3 is 0 Å². The summed E-state index contributed by atoms with van der Waals surface area (Å²) in [4.78, 5) is 31.2. The number of fused-ring (bicyclic) bond motifs is 1. The van der Waals surface area contributed by atoms with Crippen LogP contribution in [0.2, 0.25) is 5.02 Å². The van der Waals surface area contributed by atoms with Crippen molar-refractivity contribution in [3.63, 3.8) is 0 Å². The fraction of sp³-hybridized carbons (Fsp3) is 0.192. The Balaban J connectivity index is 1.44. The number of ether oxygens (including phenoxy) is 1. The first-order chi connectivity index (χ1) is 16.8. The van der Waals surface area contributed by atoms with E-state index in [1.165, 1.54) is 13.0 Å². The standard InChI is InChI=1S/C26H24ClFN4O3/c1-15(33)30-12-18-4-3-16(8-25(18)35-2)7-20-9-17(5-6-29-20)26(34)32-13-19-10-21-22(27)14-31-24(21)11-23(19)28/h3-6,8-11,14,31H,7,12-13H2,1-2H3,(H,30,33)(H,32,34). The molecule has 3 N–H and O–H groups in total. The molecule has 0 aliphatic heterocycles. The van der Waals surface area contributed by atoms with E-state index < -0.39 is 5.82 Å². The summed E-state index contributed by atoms with van der Waals surface area (Å²) >= 11 is 6.12. The van der Waals surface area contributed by atoms with Crippen LogP contribution in [0.25, 0.3) is 10.9 Å². The van der Waals surface area contributed by atoms with Gasteiger partial charge in [-0.2, -0.15) is 0 Å². The SMILES string of the molecule is COc1cc(Cc2cc(C(=O)NCc3cc4c(Cl)c[nH]c4cc3F)ccn2)ccc1CNC(C)=O.